The average molecular weight is 327 g/mol. The third-order valence-corrected chi connectivity index (χ3v) is 4.31. The molecule has 23 heavy (non-hydrogen) atoms. The van der Waals surface area contributed by atoms with Crippen LogP contribution in [0.5, 0.6) is 0 Å². The van der Waals surface area contributed by atoms with Gasteiger partial charge in [-0.05, 0) is 23.8 Å². The molecule has 0 spiro atoms. The van der Waals surface area contributed by atoms with E-state index in [0.29, 0.717) is 11.1 Å². The fraction of sp³-hybridized carbons (Fsp3) is 0.0588. The van der Waals surface area contributed by atoms with Gasteiger partial charge in [0.15, 0.2) is 0 Å². The largest absolute Gasteiger partial charge is 0.477 e. The molecule has 1 aromatic heterocycles. The van der Waals surface area contributed by atoms with Crippen molar-refractivity contribution >= 4 is 39.2 Å². The highest BCUT2D eigenvalue weighted by Crippen LogP contribution is 2.31. The number of hydrogen-bond donors (Lipinski definition) is 2. The van der Waals surface area contributed by atoms with Crippen molar-refractivity contribution in [3.63, 3.8) is 0 Å². The Hall–Kier alpha value is -2.86. The fourth-order valence-corrected chi connectivity index (χ4v) is 3.07. The zero-order chi connectivity index (χ0) is 16.2. The van der Waals surface area contributed by atoms with Gasteiger partial charge in [-0.25, -0.2) is 9.59 Å². The van der Waals surface area contributed by atoms with Gasteiger partial charge in [0, 0.05) is 10.1 Å². The topological polar surface area (TPSA) is 75.6 Å². The molecule has 3 rings (SSSR count). The second kappa shape index (κ2) is 6.50. The zero-order valence-corrected chi connectivity index (χ0v) is 12.8. The molecule has 0 unspecified atom stereocenters. The highest BCUT2D eigenvalue weighted by molar-refractivity contribution is 7.20. The average Bonchev–Trinajstić information content (AvgIpc) is 3.00. The Morgan fingerprint density at radius 2 is 1.87 bits per heavy atom. The van der Waals surface area contributed by atoms with Crippen molar-refractivity contribution in [3.05, 3.63) is 65.0 Å². The molecule has 0 aliphatic rings. The molecule has 116 valence electrons. The first-order chi connectivity index (χ1) is 11.1. The van der Waals surface area contributed by atoms with Crippen molar-refractivity contribution in [1.29, 1.82) is 0 Å². The van der Waals surface area contributed by atoms with Gasteiger partial charge in [0.1, 0.15) is 11.5 Å². The molecule has 2 aromatic carbocycles. The molecule has 0 radical (unpaired) electrons. The maximum atomic E-state index is 11.9. The summed E-state index contributed by atoms with van der Waals surface area (Å²) >= 11 is 1.17. The summed E-state index contributed by atoms with van der Waals surface area (Å²) in [5, 5.41) is 12.4. The smallest absolute Gasteiger partial charge is 0.411 e. The summed E-state index contributed by atoms with van der Waals surface area (Å²) in [7, 11) is 0. The van der Waals surface area contributed by atoms with Crippen LogP contribution in [0.3, 0.4) is 0 Å². The van der Waals surface area contributed by atoms with E-state index in [2.05, 4.69) is 5.32 Å². The number of anilines is 1. The van der Waals surface area contributed by atoms with Gasteiger partial charge in [-0.2, -0.15) is 0 Å². The van der Waals surface area contributed by atoms with Crippen molar-refractivity contribution in [2.24, 2.45) is 0 Å². The van der Waals surface area contributed by atoms with Crippen LogP contribution in [0.2, 0.25) is 0 Å². The van der Waals surface area contributed by atoms with E-state index in [9.17, 15) is 9.59 Å². The van der Waals surface area contributed by atoms with Crippen molar-refractivity contribution < 1.29 is 19.4 Å². The number of fused-ring (bicyclic) bond motifs is 1. The lowest BCUT2D eigenvalue weighted by molar-refractivity contribution is 0.0702. The minimum Gasteiger partial charge on any atom is -0.477 e. The minimum atomic E-state index is -0.983. The monoisotopic (exact) mass is 327 g/mol. The van der Waals surface area contributed by atoms with E-state index in [0.717, 1.165) is 10.3 Å². The number of rotatable bonds is 4. The molecule has 5 nitrogen and oxygen atoms in total. The summed E-state index contributed by atoms with van der Waals surface area (Å²) in [4.78, 5) is 23.2. The molecule has 0 bridgehead atoms. The highest BCUT2D eigenvalue weighted by Gasteiger charge is 2.13. The Kier molecular flexibility index (Phi) is 4.25. The van der Waals surface area contributed by atoms with Gasteiger partial charge in [-0.3, -0.25) is 5.32 Å². The molecule has 1 heterocycles. The Balaban J connectivity index is 1.73. The number of carboxylic acids is 1. The van der Waals surface area contributed by atoms with Crippen LogP contribution in [0, 0.1) is 0 Å². The van der Waals surface area contributed by atoms with Gasteiger partial charge in [0.2, 0.25) is 0 Å². The first-order valence-corrected chi connectivity index (χ1v) is 7.69. The number of benzene rings is 2. The number of thiophene rings is 1. The maximum absolute atomic E-state index is 11.9. The SMILES string of the molecule is O=C(Nc1cccc2sc(C(=O)O)cc12)OCc1ccccc1. The summed E-state index contributed by atoms with van der Waals surface area (Å²) in [6.07, 6.45) is -0.579. The number of amides is 1. The second-order valence-corrected chi connectivity index (χ2v) is 5.90. The van der Waals surface area contributed by atoms with Crippen LogP contribution in [0.1, 0.15) is 15.2 Å². The molecular formula is C17H13NO4S. The number of aromatic carboxylic acids is 1. The molecule has 0 aliphatic carbocycles. The number of carbonyl (C=O) groups excluding carboxylic acids is 1. The Bertz CT molecular complexity index is 857. The van der Waals surface area contributed by atoms with Gasteiger partial charge in [-0.1, -0.05) is 36.4 Å². The number of nitrogens with one attached hydrogen (secondary N) is 1. The molecule has 0 saturated carbocycles. The Morgan fingerprint density at radius 3 is 2.61 bits per heavy atom. The molecule has 6 heteroatoms. The number of ether oxygens (including phenoxy) is 1. The summed E-state index contributed by atoms with van der Waals surface area (Å²) in [5.74, 6) is -0.983. The van der Waals surface area contributed by atoms with Crippen molar-refractivity contribution in [2.75, 3.05) is 5.32 Å². The van der Waals surface area contributed by atoms with Gasteiger partial charge in [-0.15, -0.1) is 11.3 Å². The normalized spacial score (nSPS) is 10.4. The lowest BCUT2D eigenvalue weighted by atomic mass is 10.2. The minimum absolute atomic E-state index is 0.173. The number of carboxylic acid groups (broad SMARTS) is 1. The van der Waals surface area contributed by atoms with Gasteiger partial charge in [0.05, 0.1) is 5.69 Å². The third kappa shape index (κ3) is 3.49. The van der Waals surface area contributed by atoms with Crippen LogP contribution >= 0.6 is 11.3 Å². The molecular weight excluding hydrogens is 314 g/mol. The van der Waals surface area contributed by atoms with Crippen LogP contribution in [-0.4, -0.2) is 17.2 Å². The van der Waals surface area contributed by atoms with Crippen LogP contribution in [0.4, 0.5) is 10.5 Å². The van der Waals surface area contributed by atoms with E-state index in [-0.39, 0.29) is 11.5 Å². The van der Waals surface area contributed by atoms with E-state index in [4.69, 9.17) is 9.84 Å². The predicted molar refractivity (Wildman–Crippen MR) is 89.0 cm³/mol. The van der Waals surface area contributed by atoms with Crippen LogP contribution in [-0.2, 0) is 11.3 Å². The zero-order valence-electron chi connectivity index (χ0n) is 12.0. The maximum Gasteiger partial charge on any atom is 0.411 e. The highest BCUT2D eigenvalue weighted by atomic mass is 32.1. The predicted octanol–water partition coefficient (Wildman–Crippen LogP) is 4.35. The van der Waals surface area contributed by atoms with Crippen LogP contribution in [0.25, 0.3) is 10.1 Å². The molecule has 0 aliphatic heterocycles. The lowest BCUT2D eigenvalue weighted by Crippen LogP contribution is -2.13. The van der Waals surface area contributed by atoms with Crippen molar-refractivity contribution in [1.82, 2.24) is 0 Å². The standard InChI is InChI=1S/C17H13NO4S/c19-16(20)15-9-12-13(7-4-8-14(12)23-15)18-17(21)22-10-11-5-2-1-3-6-11/h1-9H,10H2,(H,18,21)(H,19,20). The summed E-state index contributed by atoms with van der Waals surface area (Å²) in [5.41, 5.74) is 1.42. The van der Waals surface area contributed by atoms with Crippen molar-refractivity contribution in [2.45, 2.75) is 6.61 Å². The number of hydrogen-bond acceptors (Lipinski definition) is 4. The third-order valence-electron chi connectivity index (χ3n) is 3.22. The molecule has 3 aromatic rings. The van der Waals surface area contributed by atoms with Gasteiger partial charge >= 0.3 is 12.1 Å². The number of carbonyl (C=O) groups is 2. The van der Waals surface area contributed by atoms with E-state index in [1.54, 1.807) is 18.2 Å². The molecule has 0 atom stereocenters. The summed E-state index contributed by atoms with van der Waals surface area (Å²) in [6.45, 7) is 0.173. The van der Waals surface area contributed by atoms with Crippen LogP contribution < -0.4 is 5.32 Å². The van der Waals surface area contributed by atoms with Crippen LogP contribution in [0.15, 0.2) is 54.6 Å². The lowest BCUT2D eigenvalue weighted by Gasteiger charge is -2.08. The first-order valence-electron chi connectivity index (χ1n) is 6.87. The quantitative estimate of drug-likeness (QED) is 0.747. The summed E-state index contributed by atoms with van der Waals surface area (Å²) in [6, 6.07) is 16.2. The summed E-state index contributed by atoms with van der Waals surface area (Å²) < 4.78 is 5.97. The van der Waals surface area contributed by atoms with E-state index in [1.165, 1.54) is 11.3 Å². The van der Waals surface area contributed by atoms with Gasteiger partial charge in [0.25, 0.3) is 0 Å². The molecule has 0 saturated heterocycles. The van der Waals surface area contributed by atoms with E-state index < -0.39 is 12.1 Å². The Labute approximate surface area is 136 Å². The molecule has 0 fully saturated rings. The van der Waals surface area contributed by atoms with E-state index in [1.807, 2.05) is 36.4 Å². The molecule has 2 N–H and O–H groups in total. The Morgan fingerprint density at radius 1 is 1.09 bits per heavy atom. The van der Waals surface area contributed by atoms with Gasteiger partial charge < -0.3 is 9.84 Å². The molecule has 1 amide bonds. The van der Waals surface area contributed by atoms with E-state index >= 15 is 0 Å². The fourth-order valence-electron chi connectivity index (χ4n) is 2.14. The second-order valence-electron chi connectivity index (χ2n) is 4.82. The first kappa shape index (κ1) is 15.1. The van der Waals surface area contributed by atoms with Crippen molar-refractivity contribution in [3.8, 4) is 0 Å².